The van der Waals surface area contributed by atoms with Crippen LogP contribution in [0.2, 0.25) is 0 Å². The lowest BCUT2D eigenvalue weighted by atomic mass is 9.49. The van der Waals surface area contributed by atoms with Crippen LogP contribution >= 0.6 is 0 Å². The summed E-state index contributed by atoms with van der Waals surface area (Å²) < 4.78 is 5.21. The number of amides is 3. The van der Waals surface area contributed by atoms with Crippen molar-refractivity contribution in [3.63, 3.8) is 0 Å². The molecule has 1 aliphatic heterocycles. The van der Waals surface area contributed by atoms with Crippen LogP contribution in [-0.2, 0) is 23.9 Å². The Morgan fingerprint density at radius 1 is 1.10 bits per heavy atom. The van der Waals surface area contributed by atoms with Gasteiger partial charge in [0.05, 0.1) is 0 Å². The molecule has 5 fully saturated rings. The Morgan fingerprint density at radius 2 is 1.69 bits per heavy atom. The van der Waals surface area contributed by atoms with Crippen molar-refractivity contribution in [3.05, 3.63) is 0 Å². The van der Waals surface area contributed by atoms with E-state index in [0.717, 1.165) is 24.2 Å². The van der Waals surface area contributed by atoms with Gasteiger partial charge in [-0.1, -0.05) is 13.8 Å². The molecule has 0 aromatic rings. The molecule has 0 aromatic carbocycles. The van der Waals surface area contributed by atoms with Crippen LogP contribution in [0, 0.1) is 29.1 Å². The fraction of sp³-hybridized carbons (Fsp3) is 0.818. The van der Waals surface area contributed by atoms with Gasteiger partial charge in [0.1, 0.15) is 6.04 Å². The lowest BCUT2D eigenvalue weighted by Crippen LogP contribution is -2.57. The maximum atomic E-state index is 13.3. The van der Waals surface area contributed by atoms with Gasteiger partial charge in [-0.3, -0.25) is 19.3 Å². The first kappa shape index (κ1) is 20.4. The van der Waals surface area contributed by atoms with Gasteiger partial charge in [0, 0.05) is 18.4 Å². The van der Waals surface area contributed by atoms with E-state index >= 15 is 0 Å². The summed E-state index contributed by atoms with van der Waals surface area (Å²) in [6.45, 7) is 3.64. The van der Waals surface area contributed by atoms with Crippen molar-refractivity contribution >= 4 is 23.7 Å². The number of esters is 1. The van der Waals surface area contributed by atoms with E-state index in [4.69, 9.17) is 4.74 Å². The molecule has 7 heteroatoms. The monoisotopic (exact) mass is 404 g/mol. The zero-order valence-corrected chi connectivity index (χ0v) is 17.4. The van der Waals surface area contributed by atoms with Crippen molar-refractivity contribution in [1.82, 2.24) is 10.2 Å². The first-order valence-corrected chi connectivity index (χ1v) is 11.1. The summed E-state index contributed by atoms with van der Waals surface area (Å²) in [5.74, 6) is 0.457. The second kappa shape index (κ2) is 7.73. The Morgan fingerprint density at radius 3 is 2.17 bits per heavy atom. The summed E-state index contributed by atoms with van der Waals surface area (Å²) >= 11 is 0. The predicted octanol–water partition coefficient (Wildman–Crippen LogP) is 2.04. The van der Waals surface area contributed by atoms with E-state index in [1.807, 2.05) is 13.8 Å². The molecular formula is C22H32N2O5. The second-order valence-electron chi connectivity index (χ2n) is 10.0. The smallest absolute Gasteiger partial charge is 0.329 e. The highest BCUT2D eigenvalue weighted by Crippen LogP contribution is 2.60. The third kappa shape index (κ3) is 3.92. The molecule has 29 heavy (non-hydrogen) atoms. The van der Waals surface area contributed by atoms with Gasteiger partial charge in [-0.05, 0) is 68.6 Å². The predicted molar refractivity (Wildman–Crippen MR) is 104 cm³/mol. The molecule has 4 bridgehead atoms. The minimum Gasteiger partial charge on any atom is -0.454 e. The van der Waals surface area contributed by atoms with Gasteiger partial charge >= 0.3 is 5.97 Å². The second-order valence-corrected chi connectivity index (χ2v) is 10.0. The minimum atomic E-state index is -0.780. The molecule has 7 nitrogen and oxygen atoms in total. The first-order valence-electron chi connectivity index (χ1n) is 11.1. The highest BCUT2D eigenvalue weighted by atomic mass is 16.5. The highest BCUT2D eigenvalue weighted by molar-refractivity contribution is 5.98. The normalized spacial score (nSPS) is 33.8. The molecule has 3 amide bonds. The molecule has 1 atom stereocenters. The van der Waals surface area contributed by atoms with Crippen LogP contribution in [0.25, 0.3) is 0 Å². The Labute approximate surface area is 171 Å². The maximum absolute atomic E-state index is 13.3. The van der Waals surface area contributed by atoms with E-state index in [2.05, 4.69) is 5.32 Å². The summed E-state index contributed by atoms with van der Waals surface area (Å²) in [6.07, 6.45) is 7.54. The number of hydrogen-bond donors (Lipinski definition) is 1. The fourth-order valence-electron chi connectivity index (χ4n) is 6.39. The number of hydrogen-bond acceptors (Lipinski definition) is 5. The van der Waals surface area contributed by atoms with Crippen molar-refractivity contribution in [3.8, 4) is 0 Å². The van der Waals surface area contributed by atoms with E-state index < -0.39 is 24.5 Å². The van der Waals surface area contributed by atoms with Crippen LogP contribution in [0.4, 0.5) is 0 Å². The number of ether oxygens (including phenoxy) is 1. The molecule has 1 saturated heterocycles. The third-order valence-electron chi connectivity index (χ3n) is 7.44. The lowest BCUT2D eigenvalue weighted by Gasteiger charge is -2.55. The summed E-state index contributed by atoms with van der Waals surface area (Å²) in [4.78, 5) is 50.9. The van der Waals surface area contributed by atoms with Crippen molar-refractivity contribution in [1.29, 1.82) is 0 Å². The van der Waals surface area contributed by atoms with Gasteiger partial charge in [-0.2, -0.15) is 0 Å². The zero-order valence-electron chi connectivity index (χ0n) is 17.4. The maximum Gasteiger partial charge on any atom is 0.329 e. The Balaban J connectivity index is 1.36. The molecule has 160 valence electrons. The van der Waals surface area contributed by atoms with Gasteiger partial charge in [-0.15, -0.1) is 0 Å². The van der Waals surface area contributed by atoms with Crippen LogP contribution in [0.1, 0.15) is 65.2 Å². The van der Waals surface area contributed by atoms with Crippen LogP contribution in [0.5, 0.6) is 0 Å². The molecular weight excluding hydrogens is 372 g/mol. The Kier molecular flexibility index (Phi) is 5.42. The summed E-state index contributed by atoms with van der Waals surface area (Å²) in [5, 5.41) is 2.97. The van der Waals surface area contributed by atoms with Gasteiger partial charge in [0.15, 0.2) is 6.61 Å². The number of nitrogens with one attached hydrogen (secondary N) is 1. The fourth-order valence-corrected chi connectivity index (χ4v) is 6.39. The molecule has 5 rings (SSSR count). The lowest BCUT2D eigenvalue weighted by molar-refractivity contribution is -0.159. The molecule has 1 heterocycles. The van der Waals surface area contributed by atoms with E-state index in [0.29, 0.717) is 37.1 Å². The molecule has 4 saturated carbocycles. The number of carbonyl (C=O) groups excluding carboxylic acids is 4. The molecule has 0 unspecified atom stereocenters. The Hall–Kier alpha value is -1.92. The molecule has 0 spiro atoms. The van der Waals surface area contributed by atoms with Crippen LogP contribution in [0.15, 0.2) is 0 Å². The van der Waals surface area contributed by atoms with Crippen molar-refractivity contribution in [2.24, 2.45) is 29.1 Å². The van der Waals surface area contributed by atoms with E-state index in [1.54, 1.807) is 0 Å². The van der Waals surface area contributed by atoms with Crippen molar-refractivity contribution < 1.29 is 23.9 Å². The third-order valence-corrected chi connectivity index (χ3v) is 7.44. The summed E-state index contributed by atoms with van der Waals surface area (Å²) in [5.41, 5.74) is -0.333. The van der Waals surface area contributed by atoms with E-state index in [-0.39, 0.29) is 23.1 Å². The number of rotatable bonds is 6. The zero-order chi connectivity index (χ0) is 20.8. The largest absolute Gasteiger partial charge is 0.454 e. The number of likely N-dealkylation sites (tertiary alicyclic amines) is 1. The number of carbonyl (C=O) groups is 4. The van der Waals surface area contributed by atoms with E-state index in [9.17, 15) is 19.2 Å². The van der Waals surface area contributed by atoms with Gasteiger partial charge in [0.2, 0.25) is 11.8 Å². The van der Waals surface area contributed by atoms with Gasteiger partial charge in [0.25, 0.3) is 5.91 Å². The molecule has 0 radical (unpaired) electrons. The number of nitrogens with zero attached hydrogens (tertiary/aromatic N) is 1. The van der Waals surface area contributed by atoms with Crippen LogP contribution < -0.4 is 5.32 Å². The van der Waals surface area contributed by atoms with Gasteiger partial charge in [-0.25, -0.2) is 4.79 Å². The average Bonchev–Trinajstić information content (AvgIpc) is 3.08. The summed E-state index contributed by atoms with van der Waals surface area (Å²) in [6, 6.07) is -0.780. The first-order chi connectivity index (χ1) is 13.8. The average molecular weight is 405 g/mol. The minimum absolute atomic E-state index is 0.0201. The van der Waals surface area contributed by atoms with Gasteiger partial charge < -0.3 is 10.1 Å². The standard InChI is InChI=1S/C22H32N2O5/c1-13(2)19(20(27)29-12-18(26)24-5-3-4-17(24)25)23-21(28)22-9-14-6-15(10-22)8-16(7-14)11-22/h13-16,19H,3-12H2,1-2H3,(H,23,28)/t14?,15?,16?,19-,22?/m1/s1. The number of imide groups is 1. The highest BCUT2D eigenvalue weighted by Gasteiger charge is 2.55. The topological polar surface area (TPSA) is 92.8 Å². The molecule has 5 aliphatic rings. The molecule has 0 aromatic heterocycles. The Bertz CT molecular complexity index is 681. The van der Waals surface area contributed by atoms with Crippen LogP contribution in [-0.4, -0.2) is 47.8 Å². The van der Waals surface area contributed by atoms with Crippen molar-refractivity contribution in [2.75, 3.05) is 13.2 Å². The van der Waals surface area contributed by atoms with Crippen LogP contribution in [0.3, 0.4) is 0 Å². The summed E-state index contributed by atoms with van der Waals surface area (Å²) in [7, 11) is 0. The van der Waals surface area contributed by atoms with E-state index in [1.165, 1.54) is 19.3 Å². The SMILES string of the molecule is CC(C)[C@@H](NC(=O)C12CC3CC(CC(C3)C1)C2)C(=O)OCC(=O)N1CCCC1=O. The molecule has 4 aliphatic carbocycles. The van der Waals surface area contributed by atoms with Crippen molar-refractivity contribution in [2.45, 2.75) is 71.3 Å². The quantitative estimate of drug-likeness (QED) is 0.684. The molecule has 1 N–H and O–H groups in total.